The third-order valence-electron chi connectivity index (χ3n) is 22.8. The average Bonchev–Trinajstić information content (AvgIpc) is 0.827. The number of benzene rings is 6. The molecule has 6 aromatic rings. The summed E-state index contributed by atoms with van der Waals surface area (Å²) < 4.78 is 5.91. The van der Waals surface area contributed by atoms with Gasteiger partial charge >= 0.3 is 11.9 Å². The summed E-state index contributed by atoms with van der Waals surface area (Å²) in [5.41, 5.74) is 25.8. The molecule has 0 saturated carbocycles. The summed E-state index contributed by atoms with van der Waals surface area (Å²) >= 11 is 1.36. The number of carboxylic acid groups (broad SMARTS) is 2. The van der Waals surface area contributed by atoms with Crippen molar-refractivity contribution in [1.82, 2.24) is 74.1 Å². The Bertz CT molecular complexity index is 5480. The van der Waals surface area contributed by atoms with Crippen molar-refractivity contribution in [2.45, 2.75) is 204 Å². The number of carbonyl (C=O) groups excluding carboxylic acids is 12. The molecule has 136 heavy (non-hydrogen) atoms. The fraction of sp³-hybridized carbons (Fsp3) is 0.438. The van der Waals surface area contributed by atoms with Crippen LogP contribution in [0.5, 0.6) is 11.5 Å². The summed E-state index contributed by atoms with van der Waals surface area (Å²) in [6, 6.07) is 20.1. The summed E-state index contributed by atoms with van der Waals surface area (Å²) in [5.74, 6) is -13.9. The second-order valence-corrected chi connectivity index (χ2v) is 34.9. The summed E-state index contributed by atoms with van der Waals surface area (Å²) in [6.45, 7) is 6.88. The molecule has 732 valence electrons. The number of phenols is 2. The van der Waals surface area contributed by atoms with Crippen molar-refractivity contribution in [3.8, 4) is 33.9 Å². The number of carboxylic acids is 2. The number of nitrogens with one attached hydrogen (secondary N) is 15. The number of aromatic nitrogens is 1. The van der Waals surface area contributed by atoms with E-state index in [9.17, 15) is 78.0 Å². The molecule has 2 heterocycles. The first-order valence-electron chi connectivity index (χ1n) is 45.5. The lowest BCUT2D eigenvalue weighted by Gasteiger charge is -2.30. The Morgan fingerprint density at radius 3 is 1.53 bits per heavy atom. The Kier molecular flexibility index (Phi) is 42.9. The minimum absolute atomic E-state index is 0.0120. The smallest absolute Gasteiger partial charge is 0.336 e. The highest BCUT2D eigenvalue weighted by Crippen LogP contribution is 2.42. The number of H-pyrrole nitrogens is 1. The number of aromatic amines is 1. The van der Waals surface area contributed by atoms with Gasteiger partial charge in [0.1, 0.15) is 83.3 Å². The molecule has 1 aromatic heterocycles. The van der Waals surface area contributed by atoms with E-state index >= 15 is 14.4 Å². The van der Waals surface area contributed by atoms with Gasteiger partial charge in [-0.05, 0) is 210 Å². The maximum absolute atomic E-state index is 15.3. The molecule has 0 fully saturated rings. The fourth-order valence-electron chi connectivity index (χ4n) is 15.4. The van der Waals surface area contributed by atoms with Gasteiger partial charge in [0, 0.05) is 96.6 Å². The van der Waals surface area contributed by atoms with Crippen LogP contribution in [0.4, 0.5) is 0 Å². The van der Waals surface area contributed by atoms with Crippen LogP contribution in [0.1, 0.15) is 161 Å². The van der Waals surface area contributed by atoms with Crippen molar-refractivity contribution in [2.24, 2.45) is 34.8 Å². The van der Waals surface area contributed by atoms with Crippen LogP contribution in [-0.4, -0.2) is 226 Å². The number of aromatic hydroxyl groups is 2. The van der Waals surface area contributed by atoms with Crippen LogP contribution in [0.2, 0.25) is 0 Å². The molecule has 40 heteroatoms. The van der Waals surface area contributed by atoms with Gasteiger partial charge in [-0.15, -0.1) is 0 Å². The summed E-state index contributed by atoms with van der Waals surface area (Å²) in [4.78, 5) is 215. The van der Waals surface area contributed by atoms with E-state index in [1.165, 1.54) is 84.6 Å². The molecule has 0 spiro atoms. The minimum Gasteiger partial charge on any atom is -0.508 e. The van der Waals surface area contributed by atoms with E-state index in [4.69, 9.17) is 32.8 Å². The number of hydrogen-bond acceptors (Lipinski definition) is 23. The van der Waals surface area contributed by atoms with E-state index in [2.05, 4.69) is 74.1 Å². The Hall–Kier alpha value is -14.0. The largest absolute Gasteiger partial charge is 0.508 e. The molecule has 1 aliphatic heterocycles. The Labute approximate surface area is 791 Å². The number of fused-ring (bicyclic) bond motifs is 3. The number of amides is 12. The van der Waals surface area contributed by atoms with Crippen LogP contribution in [0.25, 0.3) is 44.3 Å². The molecule has 0 radical (unpaired) electrons. The number of aromatic carboxylic acids is 1. The van der Waals surface area contributed by atoms with Gasteiger partial charge < -0.3 is 122 Å². The van der Waals surface area contributed by atoms with Crippen molar-refractivity contribution in [3.05, 3.63) is 178 Å². The summed E-state index contributed by atoms with van der Waals surface area (Å²) in [5, 5.41) is 85.4. The average molecular weight is 1900 g/mol. The molecular weight excluding hydrogens is 1770 g/mol. The maximum Gasteiger partial charge on any atom is 0.336 e. The molecular formula is C96H127N19O20S. The van der Waals surface area contributed by atoms with Crippen molar-refractivity contribution < 1.29 is 92.0 Å². The third-order valence-corrected chi connectivity index (χ3v) is 23.4. The van der Waals surface area contributed by atoms with E-state index in [1.807, 2.05) is 18.2 Å². The number of phenolic OH excluding ortho intramolecular Hbond substituents is 2. The van der Waals surface area contributed by atoms with Gasteiger partial charge in [-0.3, -0.25) is 67.7 Å². The van der Waals surface area contributed by atoms with Crippen LogP contribution < -0.4 is 97.5 Å². The Morgan fingerprint density at radius 2 is 0.941 bits per heavy atom. The van der Waals surface area contributed by atoms with Gasteiger partial charge in [-0.25, -0.2) is 9.59 Å². The second-order valence-electron chi connectivity index (χ2n) is 33.9. The zero-order valence-corrected chi connectivity index (χ0v) is 77.7. The number of unbranched alkanes of at least 4 members (excludes halogenated alkanes) is 3. The maximum atomic E-state index is 15.3. The van der Waals surface area contributed by atoms with Crippen LogP contribution in [0.3, 0.4) is 0 Å². The molecule has 0 bridgehead atoms. The second kappa shape index (κ2) is 54.4. The lowest BCUT2D eigenvalue weighted by atomic mass is 9.90. The Morgan fingerprint density at radius 1 is 0.449 bits per heavy atom. The normalized spacial score (nSPS) is 13.5. The first kappa shape index (κ1) is 107. The molecule has 8 rings (SSSR count). The van der Waals surface area contributed by atoms with Crippen LogP contribution >= 0.6 is 11.8 Å². The molecule has 5 aromatic carbocycles. The van der Waals surface area contributed by atoms with E-state index in [0.29, 0.717) is 78.5 Å². The topological polar surface area (TPSA) is 650 Å². The van der Waals surface area contributed by atoms with Gasteiger partial charge in [-0.2, -0.15) is 11.8 Å². The van der Waals surface area contributed by atoms with Crippen LogP contribution in [0, 0.1) is 17.2 Å². The van der Waals surface area contributed by atoms with Gasteiger partial charge in [0.2, 0.25) is 65.0 Å². The zero-order chi connectivity index (χ0) is 99.1. The van der Waals surface area contributed by atoms with Crippen molar-refractivity contribution in [2.75, 3.05) is 51.3 Å². The summed E-state index contributed by atoms with van der Waals surface area (Å²) in [7, 11) is 0. The number of thioether (sulfide) groups is 1. The monoisotopic (exact) mass is 1900 g/mol. The zero-order valence-electron chi connectivity index (χ0n) is 76.9. The molecule has 0 unspecified atom stereocenters. The van der Waals surface area contributed by atoms with Gasteiger partial charge in [0.15, 0.2) is 11.4 Å². The molecule has 10 atom stereocenters. The molecule has 39 nitrogen and oxygen atoms in total. The number of para-hydroxylation sites is 1. The van der Waals surface area contributed by atoms with Gasteiger partial charge in [-0.1, -0.05) is 94.4 Å². The number of aryl methyl sites for hydroxylation is 1. The number of aliphatic carboxylic acids is 1. The highest BCUT2D eigenvalue weighted by atomic mass is 32.2. The predicted molar refractivity (Wildman–Crippen MR) is 514 cm³/mol. The van der Waals surface area contributed by atoms with Crippen LogP contribution in [-0.2, 0) is 76.8 Å². The lowest BCUT2D eigenvalue weighted by molar-refractivity contribution is -0.142. The summed E-state index contributed by atoms with van der Waals surface area (Å²) in [6.07, 6.45) is 5.05. The number of carbonyl (C=O) groups is 14. The number of rotatable bonds is 57. The van der Waals surface area contributed by atoms with Gasteiger partial charge in [0.05, 0.1) is 5.56 Å². The lowest BCUT2D eigenvalue weighted by Crippen LogP contribution is -2.62. The fourth-order valence-corrected chi connectivity index (χ4v) is 15.8. The standard InChI is InChI=1S/C96H127N19O20S/c1-54(2)82(92(129)110-73(40-47-136-5)89(126)113-76(50-59-53-105-68-21-10-9-20-63(59)68)90(127)108-70(23-12-15-42-98)87(124)111-74(95(133)134)24-13-16-43-99)115-93(130)83(55(3)4)114-91(128)75(48-57-26-30-60(116)31-27-57)112-88(125)72(37-28-56-18-7-6-8-19-56)109-86(123)71(25-17-44-104-96(100)101)107-85(122)69(22-11-14-41-97)106-80(120)39-45-102-79(119)38-46-103-84(121)58-29-34-64(67(49-58)94(131)132)81-65-35-32-61(117)51-77(65)135-78-52-62(118)33-36-66(78)81/h6-10,18-21,26-27,29-36,49,51-55,69-76,82-83,105,116-117H,11-17,22-25,28,37-48,50,97-99H2,1-5H3,(H,102,119)(H,103,121)(H,106,120)(H,107,122)(H,108,127)(H,109,123)(H,110,129)(H,111,124)(H,112,125)(H,113,126)(H,114,128)(H,115,130)(H,131,132)(H,133,134)(H4,100,101,104)/t69-,70-,71-,72-,73-,74-,75-,76-,82-,83-/m0/s1. The molecule has 12 amide bonds. The number of guanidine groups is 1. The third kappa shape index (κ3) is 33.3. The first-order chi connectivity index (χ1) is 65.1. The van der Waals surface area contributed by atoms with Crippen LogP contribution in [0.15, 0.2) is 149 Å². The molecule has 2 aliphatic rings. The highest BCUT2D eigenvalue weighted by molar-refractivity contribution is 7.98. The number of nitrogens with two attached hydrogens (primary N) is 4. The SMILES string of the molecule is CSCC[C@H](NC(=O)[C@@H](NC(=O)[C@@H](NC(=O)[C@H](Cc1ccc(O)cc1)NC(=O)[C@H](CCc1ccccc1)NC(=O)[C@H](CCCNC(=N)N)NC(=O)[C@H](CCCCN)NC(=O)CCNC(=O)CCNC(=O)c1ccc(-c2c3ccc(=O)cc-3oc3cc(O)ccc23)c(C(=O)O)c1)C(C)C)C(C)C)C(=O)N[C@@H](Cc1c[nH]c2ccccc12)C(=O)N[C@@H](CCCCN)C(=O)N[C@@H](CCCCN)C(=O)O. The first-order valence-corrected chi connectivity index (χ1v) is 46.9. The van der Waals surface area contributed by atoms with Crippen molar-refractivity contribution in [3.63, 3.8) is 0 Å². The van der Waals surface area contributed by atoms with E-state index in [0.717, 1.165) is 22.5 Å². The Balaban J connectivity index is 0.953. The van der Waals surface area contributed by atoms with Crippen molar-refractivity contribution >= 4 is 122 Å². The van der Waals surface area contributed by atoms with E-state index < -0.39 is 161 Å². The molecule has 0 saturated heterocycles. The quantitative estimate of drug-likeness (QED) is 0.0112. The highest BCUT2D eigenvalue weighted by Gasteiger charge is 2.39. The van der Waals surface area contributed by atoms with E-state index in [1.54, 1.807) is 76.5 Å². The number of hydrogen-bond donors (Lipinski definition) is 23. The minimum atomic E-state index is -1.55. The van der Waals surface area contributed by atoms with E-state index in [-0.39, 0.29) is 155 Å². The molecule has 27 N–H and O–H groups in total. The predicted octanol–water partition coefficient (Wildman–Crippen LogP) is 3.55. The molecule has 1 aliphatic carbocycles. The van der Waals surface area contributed by atoms with Crippen molar-refractivity contribution in [1.29, 1.82) is 5.41 Å². The van der Waals surface area contributed by atoms with Gasteiger partial charge in [0.25, 0.3) is 5.91 Å².